The number of carbonyl (C=O) groups is 2. The zero-order chi connectivity index (χ0) is 22.0. The van der Waals surface area contributed by atoms with Crippen molar-refractivity contribution >= 4 is 75.3 Å². The zero-order valence-corrected chi connectivity index (χ0v) is 19.1. The van der Waals surface area contributed by atoms with E-state index in [0.29, 0.717) is 5.69 Å². The summed E-state index contributed by atoms with van der Waals surface area (Å²) in [4.78, 5) is 26.3. The predicted octanol–water partition coefficient (Wildman–Crippen LogP) is 6.14. The van der Waals surface area contributed by atoms with Crippen LogP contribution in [0.2, 0.25) is 20.1 Å². The second-order valence-corrected chi connectivity index (χ2v) is 8.10. The molecule has 1 amide bonds. The number of hydrogen-bond acceptors (Lipinski definition) is 4. The molecule has 0 atom stereocenters. The Morgan fingerprint density at radius 2 is 1.59 bits per heavy atom. The van der Waals surface area contributed by atoms with Crippen LogP contribution in [0.1, 0.15) is 34.6 Å². The van der Waals surface area contributed by atoms with Crippen molar-refractivity contribution < 1.29 is 14.7 Å². The van der Waals surface area contributed by atoms with Crippen molar-refractivity contribution in [1.29, 1.82) is 0 Å². The van der Waals surface area contributed by atoms with Crippen LogP contribution >= 0.6 is 46.4 Å². The molecular weight excluding hydrogens is 460 g/mol. The van der Waals surface area contributed by atoms with Crippen molar-refractivity contribution in [3.05, 3.63) is 49.4 Å². The average Bonchev–Trinajstić information content (AvgIpc) is 2.63. The van der Waals surface area contributed by atoms with Gasteiger partial charge < -0.3 is 20.6 Å². The maximum Gasteiger partial charge on any atom is 0.337 e. The third kappa shape index (κ3) is 4.83. The topological polar surface area (TPSA) is 81.7 Å². The highest BCUT2D eigenvalue weighted by Gasteiger charge is 2.26. The van der Waals surface area contributed by atoms with Crippen molar-refractivity contribution in [3.8, 4) is 0 Å². The molecule has 0 fully saturated rings. The molecule has 0 saturated heterocycles. The largest absolute Gasteiger partial charge is 0.478 e. The molecule has 2 aromatic rings. The first-order valence-electron chi connectivity index (χ1n) is 8.45. The summed E-state index contributed by atoms with van der Waals surface area (Å²) in [7, 11) is 3.32. The third-order valence-corrected chi connectivity index (χ3v) is 5.52. The minimum absolute atomic E-state index is 0.0126. The minimum Gasteiger partial charge on any atom is -0.478 e. The normalized spacial score (nSPS) is 10.8. The van der Waals surface area contributed by atoms with E-state index in [4.69, 9.17) is 46.4 Å². The van der Waals surface area contributed by atoms with Crippen LogP contribution in [0.15, 0.2) is 18.2 Å². The molecule has 0 aliphatic carbocycles. The summed E-state index contributed by atoms with van der Waals surface area (Å²) in [6.07, 6.45) is 0. The van der Waals surface area contributed by atoms with Gasteiger partial charge in [0.15, 0.2) is 0 Å². The number of benzene rings is 2. The quantitative estimate of drug-likeness (QED) is 0.464. The number of hydrogen-bond donors (Lipinski definition) is 3. The molecule has 0 unspecified atom stereocenters. The van der Waals surface area contributed by atoms with Crippen LogP contribution in [-0.2, 0) is 0 Å². The molecule has 0 spiro atoms. The standard InChI is InChI=1S/C19H19Cl4N3O3/c1-8(2)26(4)17-11(19(28)29)7-13(22)16(14(17)23)25-18(27)10-5-9(20)6-12(21)15(10)24-3/h5-8,24H,1-4H3,(H,25,27)(H,28,29). The van der Waals surface area contributed by atoms with Crippen LogP contribution in [0, 0.1) is 0 Å². The molecule has 0 heterocycles. The fourth-order valence-electron chi connectivity index (χ4n) is 2.68. The lowest BCUT2D eigenvalue weighted by molar-refractivity contribution is 0.0697. The van der Waals surface area contributed by atoms with E-state index in [9.17, 15) is 14.7 Å². The van der Waals surface area contributed by atoms with E-state index < -0.39 is 11.9 Å². The van der Waals surface area contributed by atoms with Gasteiger partial charge in [0.05, 0.1) is 43.3 Å². The highest BCUT2D eigenvalue weighted by Crippen LogP contribution is 2.42. The highest BCUT2D eigenvalue weighted by atomic mass is 35.5. The number of rotatable bonds is 6. The lowest BCUT2D eigenvalue weighted by Crippen LogP contribution is -2.28. The predicted molar refractivity (Wildman–Crippen MR) is 121 cm³/mol. The van der Waals surface area contributed by atoms with Gasteiger partial charge in [0, 0.05) is 25.2 Å². The Morgan fingerprint density at radius 3 is 2.10 bits per heavy atom. The number of nitrogens with one attached hydrogen (secondary N) is 2. The van der Waals surface area contributed by atoms with Gasteiger partial charge in [-0.15, -0.1) is 0 Å². The zero-order valence-electron chi connectivity index (χ0n) is 16.0. The molecule has 0 saturated carbocycles. The molecule has 6 nitrogen and oxygen atoms in total. The Morgan fingerprint density at radius 1 is 1.00 bits per heavy atom. The number of carbonyl (C=O) groups excluding carboxylic acids is 1. The Balaban J connectivity index is 2.61. The molecule has 0 aliphatic heterocycles. The summed E-state index contributed by atoms with van der Waals surface area (Å²) in [5, 5.41) is 15.6. The first-order valence-corrected chi connectivity index (χ1v) is 9.97. The first-order chi connectivity index (χ1) is 13.5. The molecule has 2 rings (SSSR count). The number of halogens is 4. The van der Waals surface area contributed by atoms with E-state index in [1.165, 1.54) is 18.2 Å². The van der Waals surface area contributed by atoms with Crippen molar-refractivity contribution in [2.75, 3.05) is 29.6 Å². The third-order valence-electron chi connectivity index (χ3n) is 4.34. The van der Waals surface area contributed by atoms with Crippen molar-refractivity contribution in [2.24, 2.45) is 0 Å². The van der Waals surface area contributed by atoms with Gasteiger partial charge in [0.1, 0.15) is 0 Å². The number of carboxylic acids is 1. The van der Waals surface area contributed by atoms with Crippen LogP contribution < -0.4 is 15.5 Å². The Bertz CT molecular complexity index is 980. The molecule has 156 valence electrons. The number of carboxylic acid groups (broad SMARTS) is 1. The van der Waals surface area contributed by atoms with Gasteiger partial charge in [0.2, 0.25) is 0 Å². The number of amides is 1. The smallest absolute Gasteiger partial charge is 0.337 e. The van der Waals surface area contributed by atoms with Crippen molar-refractivity contribution in [1.82, 2.24) is 0 Å². The summed E-state index contributed by atoms with van der Waals surface area (Å²) >= 11 is 24.9. The second kappa shape index (κ2) is 9.30. The lowest BCUT2D eigenvalue weighted by atomic mass is 10.1. The second-order valence-electron chi connectivity index (χ2n) is 6.47. The molecule has 3 N–H and O–H groups in total. The van der Waals surface area contributed by atoms with Crippen molar-refractivity contribution in [3.63, 3.8) is 0 Å². The van der Waals surface area contributed by atoms with Gasteiger partial charge in [-0.25, -0.2) is 4.79 Å². The maximum atomic E-state index is 12.9. The van der Waals surface area contributed by atoms with E-state index in [2.05, 4.69) is 10.6 Å². The fourth-order valence-corrected chi connectivity index (χ4v) is 3.95. The molecule has 0 bridgehead atoms. The van der Waals surface area contributed by atoms with Gasteiger partial charge in [-0.3, -0.25) is 4.79 Å². The van der Waals surface area contributed by atoms with E-state index in [-0.39, 0.29) is 48.6 Å². The molecule has 29 heavy (non-hydrogen) atoms. The van der Waals surface area contributed by atoms with E-state index >= 15 is 0 Å². The summed E-state index contributed by atoms with van der Waals surface area (Å²) < 4.78 is 0. The maximum absolute atomic E-state index is 12.9. The molecule has 2 aromatic carbocycles. The van der Waals surface area contributed by atoms with Gasteiger partial charge in [-0.2, -0.15) is 0 Å². The highest BCUT2D eigenvalue weighted by molar-refractivity contribution is 6.43. The molecule has 10 heteroatoms. The van der Waals surface area contributed by atoms with Gasteiger partial charge >= 0.3 is 5.97 Å². The Hall–Kier alpha value is -1.86. The Labute approximate surface area is 188 Å². The summed E-state index contributed by atoms with van der Waals surface area (Å²) in [6.45, 7) is 3.75. The first kappa shape index (κ1) is 23.4. The molecule has 0 radical (unpaired) electrons. The SMILES string of the molecule is CNc1c(Cl)cc(Cl)cc1C(=O)Nc1c(Cl)cc(C(=O)O)c(N(C)C(C)C)c1Cl. The number of aromatic carboxylic acids is 1. The minimum atomic E-state index is -1.19. The van der Waals surface area contributed by atoms with Gasteiger partial charge in [-0.05, 0) is 32.0 Å². The molecule has 0 aliphatic rings. The average molecular weight is 479 g/mol. The van der Waals surface area contributed by atoms with Crippen LogP contribution in [-0.4, -0.2) is 37.1 Å². The molecule has 0 aromatic heterocycles. The van der Waals surface area contributed by atoms with E-state index in [1.54, 1.807) is 19.0 Å². The lowest BCUT2D eigenvalue weighted by Gasteiger charge is -2.28. The molecular formula is C19H19Cl4N3O3. The number of anilines is 3. The fraction of sp³-hybridized carbons (Fsp3) is 0.263. The van der Waals surface area contributed by atoms with Gasteiger partial charge in [0.25, 0.3) is 5.91 Å². The van der Waals surface area contributed by atoms with Crippen LogP contribution in [0.4, 0.5) is 17.1 Å². The van der Waals surface area contributed by atoms with Crippen molar-refractivity contribution in [2.45, 2.75) is 19.9 Å². The van der Waals surface area contributed by atoms with Crippen LogP contribution in [0.3, 0.4) is 0 Å². The van der Waals surface area contributed by atoms with E-state index in [0.717, 1.165) is 0 Å². The summed E-state index contributed by atoms with van der Waals surface area (Å²) in [5.74, 6) is -1.75. The summed E-state index contributed by atoms with van der Waals surface area (Å²) in [5.41, 5.74) is 0.812. The summed E-state index contributed by atoms with van der Waals surface area (Å²) in [6, 6.07) is 4.15. The Kier molecular flexibility index (Phi) is 7.51. The number of nitrogens with zero attached hydrogens (tertiary/aromatic N) is 1. The van der Waals surface area contributed by atoms with Crippen LogP contribution in [0.5, 0.6) is 0 Å². The van der Waals surface area contributed by atoms with Crippen LogP contribution in [0.25, 0.3) is 0 Å². The van der Waals surface area contributed by atoms with Gasteiger partial charge in [-0.1, -0.05) is 46.4 Å². The monoisotopic (exact) mass is 477 g/mol. The van der Waals surface area contributed by atoms with E-state index in [1.807, 2.05) is 13.8 Å².